The Morgan fingerprint density at radius 2 is 0.618 bits per heavy atom. The lowest BCUT2D eigenvalue weighted by molar-refractivity contribution is 0.308. The molecule has 0 atom stereocenters. The number of rotatable bonds is 14. The van der Waals surface area contributed by atoms with E-state index in [0.717, 1.165) is 77.9 Å². The van der Waals surface area contributed by atoms with Crippen molar-refractivity contribution in [3.05, 3.63) is 367 Å². The second-order valence-electron chi connectivity index (χ2n) is 24.8. The second kappa shape index (κ2) is 30.4. The van der Waals surface area contributed by atoms with E-state index in [0.29, 0.717) is 57.7 Å². The van der Waals surface area contributed by atoms with E-state index in [-0.39, 0.29) is 0 Å². The number of anilines is 2. The molecule has 0 amide bonds. The van der Waals surface area contributed by atoms with Gasteiger partial charge in [0.1, 0.15) is 24.7 Å². The number of nitrogen functional groups attached to an aromatic ring is 2. The quantitative estimate of drug-likeness (QED) is 0.0476. The molecule has 16 rings (SSSR count). The molecule has 0 aromatic heterocycles. The van der Waals surface area contributed by atoms with Crippen LogP contribution in [0.15, 0.2) is 340 Å². The van der Waals surface area contributed by atoms with Crippen molar-refractivity contribution in [1.82, 2.24) is 0 Å². The second-order valence-corrected chi connectivity index (χ2v) is 25.3. The zero-order valence-corrected chi connectivity index (χ0v) is 56.2. The third kappa shape index (κ3) is 14.7. The number of halogens is 1. The van der Waals surface area contributed by atoms with E-state index in [1.54, 1.807) is 24.3 Å². The van der Waals surface area contributed by atoms with Crippen LogP contribution in [0.5, 0.6) is 11.5 Å². The van der Waals surface area contributed by atoms with Crippen LogP contribution in [0.4, 0.5) is 11.4 Å². The molecular weight excluding hydrogens is 1270 g/mol. The minimum Gasteiger partial charge on any atom is -0.487 e. The Morgan fingerprint density at radius 3 is 1.00 bits per heavy atom. The topological polar surface area (TPSA) is 159 Å². The van der Waals surface area contributed by atoms with Gasteiger partial charge in [0, 0.05) is 16.1 Å². The number of hydrogen-bond acceptors (Lipinski definition) is 8. The summed E-state index contributed by atoms with van der Waals surface area (Å²) >= 11 is 6.11. The highest BCUT2D eigenvalue weighted by Gasteiger charge is 2.19. The predicted octanol–water partition coefficient (Wildman–Crippen LogP) is 21.7. The largest absolute Gasteiger partial charge is 0.488 e. The summed E-state index contributed by atoms with van der Waals surface area (Å²) in [6.07, 6.45) is 0. The van der Waals surface area contributed by atoms with E-state index < -0.39 is 7.12 Å². The number of nitrogens with two attached hydrogens (primary N) is 2. The van der Waals surface area contributed by atoms with Gasteiger partial charge in [0.15, 0.2) is 0 Å². The van der Waals surface area contributed by atoms with Gasteiger partial charge in [-0.15, -0.1) is 0 Å². The summed E-state index contributed by atoms with van der Waals surface area (Å²) in [5, 5.41) is 45.8. The van der Waals surface area contributed by atoms with Crippen LogP contribution in [0.25, 0.3) is 121 Å². The summed E-state index contributed by atoms with van der Waals surface area (Å²) in [5.41, 5.74) is 33.6. The van der Waals surface area contributed by atoms with Crippen molar-refractivity contribution in [1.29, 1.82) is 10.5 Å². The fraction of sp³-hybridized carbons (Fsp3) is 0.0217. The highest BCUT2D eigenvalue weighted by atomic mass is 35.5. The molecule has 0 unspecified atom stereocenters. The van der Waals surface area contributed by atoms with Crippen molar-refractivity contribution in [2.24, 2.45) is 0 Å². The highest BCUT2D eigenvalue weighted by Crippen LogP contribution is 2.45. The Hall–Kier alpha value is -13.0. The lowest BCUT2D eigenvalue weighted by atomic mass is 9.81. The Labute approximate surface area is 598 Å². The molecule has 0 saturated carbocycles. The molecule has 488 valence electrons. The molecule has 0 heterocycles. The van der Waals surface area contributed by atoms with Crippen molar-refractivity contribution in [3.63, 3.8) is 0 Å². The number of nitriles is 2. The van der Waals surface area contributed by atoms with Crippen LogP contribution in [-0.2, 0) is 13.2 Å². The fourth-order valence-electron chi connectivity index (χ4n) is 13.0. The lowest BCUT2D eigenvalue weighted by Crippen LogP contribution is -2.29. The Bertz CT molecular complexity index is 5750. The lowest BCUT2D eigenvalue weighted by Gasteiger charge is -2.18. The SMILES string of the molecule is N#Cc1ccc(-c2ccc(-c3cc(-c4cc5ccccc5c5ccccc45)cc(OCc4ccc(-c5ccccc5)cc4)c3N)cc2)cc1.N#Cc1ccc(-c2ccc(-c3cc(-c4cc5ccccc5c5ccccc45)cc(OCc4ccc(Cl)cc4)c3N)cc2)cc1.OB(O)c1ccccc1. The summed E-state index contributed by atoms with van der Waals surface area (Å²) in [6.45, 7) is 0.749. The molecule has 0 radical (unpaired) electrons. The number of ether oxygens (including phenoxy) is 2. The first kappa shape index (κ1) is 66.3. The Morgan fingerprint density at radius 1 is 0.304 bits per heavy atom. The molecule has 16 aromatic carbocycles. The minimum absolute atomic E-state index is 0.361. The molecule has 10 heteroatoms. The van der Waals surface area contributed by atoms with Crippen LogP contribution in [0, 0.1) is 22.7 Å². The van der Waals surface area contributed by atoms with Crippen molar-refractivity contribution in [2.75, 3.05) is 11.5 Å². The summed E-state index contributed by atoms with van der Waals surface area (Å²) < 4.78 is 13.0. The number of nitrogens with zero attached hydrogens (tertiary/aromatic N) is 2. The first-order valence-electron chi connectivity index (χ1n) is 33.5. The van der Waals surface area contributed by atoms with Crippen LogP contribution in [0.1, 0.15) is 22.3 Å². The van der Waals surface area contributed by atoms with Gasteiger partial charge in [0.25, 0.3) is 0 Å². The van der Waals surface area contributed by atoms with Gasteiger partial charge in [0.2, 0.25) is 0 Å². The first-order chi connectivity index (χ1) is 50.0. The maximum absolute atomic E-state index is 9.21. The summed E-state index contributed by atoms with van der Waals surface area (Å²) in [4.78, 5) is 0. The monoisotopic (exact) mass is 1340 g/mol. The molecule has 8 nitrogen and oxygen atoms in total. The maximum atomic E-state index is 9.21. The molecule has 0 saturated heterocycles. The van der Waals surface area contributed by atoms with Crippen LogP contribution in [0.2, 0.25) is 5.02 Å². The molecule has 102 heavy (non-hydrogen) atoms. The Balaban J connectivity index is 0.000000155. The van der Waals surface area contributed by atoms with Crippen LogP contribution < -0.4 is 26.4 Å². The van der Waals surface area contributed by atoms with Crippen LogP contribution in [0.3, 0.4) is 0 Å². The van der Waals surface area contributed by atoms with Crippen molar-refractivity contribution >= 4 is 78.6 Å². The van der Waals surface area contributed by atoms with Gasteiger partial charge in [-0.05, 0) is 199 Å². The molecule has 16 aromatic rings. The first-order valence-corrected chi connectivity index (χ1v) is 33.9. The molecule has 0 aliphatic rings. The van der Waals surface area contributed by atoms with Crippen LogP contribution >= 0.6 is 11.6 Å². The van der Waals surface area contributed by atoms with Crippen LogP contribution in [-0.4, -0.2) is 17.2 Å². The maximum Gasteiger partial charge on any atom is 0.488 e. The van der Waals surface area contributed by atoms with E-state index in [1.165, 1.54) is 54.2 Å². The van der Waals surface area contributed by atoms with Gasteiger partial charge in [-0.3, -0.25) is 0 Å². The van der Waals surface area contributed by atoms with Gasteiger partial charge in [-0.25, -0.2) is 0 Å². The third-order valence-electron chi connectivity index (χ3n) is 18.4. The van der Waals surface area contributed by atoms with Gasteiger partial charge in [0.05, 0.1) is 34.6 Å². The average molecular weight is 1340 g/mol. The minimum atomic E-state index is -1.34. The van der Waals surface area contributed by atoms with Crippen molar-refractivity contribution < 1.29 is 19.5 Å². The van der Waals surface area contributed by atoms with Gasteiger partial charge >= 0.3 is 7.12 Å². The zero-order chi connectivity index (χ0) is 69.9. The molecular formula is C92H66BClN4O4. The van der Waals surface area contributed by atoms with Gasteiger partial charge in [-0.1, -0.05) is 279 Å². The molecule has 0 fully saturated rings. The third-order valence-corrected chi connectivity index (χ3v) is 18.6. The van der Waals surface area contributed by atoms with E-state index in [2.05, 4.69) is 243 Å². The zero-order valence-electron chi connectivity index (χ0n) is 55.5. The summed E-state index contributed by atoms with van der Waals surface area (Å²) in [5.74, 6) is 1.27. The molecule has 0 aliphatic heterocycles. The van der Waals surface area contributed by atoms with Crippen molar-refractivity contribution in [3.8, 4) is 102 Å². The number of hydrogen-bond donors (Lipinski definition) is 4. The van der Waals surface area contributed by atoms with E-state index in [4.69, 9.17) is 47.9 Å². The average Bonchev–Trinajstić information content (AvgIpc) is 0.760. The molecule has 6 N–H and O–H groups in total. The molecule has 0 spiro atoms. The number of fused-ring (bicyclic) bond motifs is 6. The standard InChI is InChI=1S/C46H32N2O.C40H27ClN2O.C6H7BO2/c47-29-31-14-18-35(19-15-31)36-22-24-37(25-23-36)44-27-39(43-26-38-10-4-5-11-40(38)41-12-6-7-13-42(41)43)28-45(46(44)48)49-30-32-16-20-34(21-17-32)33-8-2-1-3-9-33;41-33-19-11-27(12-20-33)25-44-39-23-32(37-21-31-5-1-2-6-34(31)35-7-3-4-8-36(35)37)22-38(40(39)43)30-17-15-29(16-18-30)28-13-9-26(24-42)10-14-28;8-7(9)6-4-2-1-3-5-6/h1-28H,30,48H2;1-23H,25,43H2;1-5,8-9H. The predicted molar refractivity (Wildman–Crippen MR) is 422 cm³/mol. The van der Waals surface area contributed by atoms with Crippen molar-refractivity contribution in [2.45, 2.75) is 13.2 Å². The highest BCUT2D eigenvalue weighted by molar-refractivity contribution is 6.58. The van der Waals surface area contributed by atoms with Gasteiger partial charge < -0.3 is 31.0 Å². The molecule has 0 aliphatic carbocycles. The van der Waals surface area contributed by atoms with E-state index in [1.807, 2.05) is 84.9 Å². The van der Waals surface area contributed by atoms with E-state index >= 15 is 0 Å². The van der Waals surface area contributed by atoms with Gasteiger partial charge in [-0.2, -0.15) is 10.5 Å². The fourth-order valence-corrected chi connectivity index (χ4v) is 13.1. The van der Waals surface area contributed by atoms with E-state index in [9.17, 15) is 5.26 Å². The summed E-state index contributed by atoms with van der Waals surface area (Å²) in [7, 11) is -1.34. The number of benzene rings is 16. The summed E-state index contributed by atoms with van der Waals surface area (Å²) in [6, 6.07) is 119. The normalized spacial score (nSPS) is 10.8. The smallest absolute Gasteiger partial charge is 0.487 e. The molecule has 0 bridgehead atoms. The Kier molecular flexibility index (Phi) is 19.8.